The van der Waals surface area contributed by atoms with E-state index in [4.69, 9.17) is 22.7 Å². The van der Waals surface area contributed by atoms with Crippen LogP contribution < -0.4 is 10.5 Å². The zero-order valence-electron chi connectivity index (χ0n) is 11.8. The van der Waals surface area contributed by atoms with Gasteiger partial charge in [0.05, 0.1) is 18.1 Å². The predicted octanol–water partition coefficient (Wildman–Crippen LogP) is 0.820. The van der Waals surface area contributed by atoms with Gasteiger partial charge in [0.25, 0.3) is 0 Å². The first kappa shape index (κ1) is 16.2. The fourth-order valence-corrected chi connectivity index (χ4v) is 3.59. The smallest absolute Gasteiger partial charge is 0.152 e. The average molecular weight is 328 g/mol. The summed E-state index contributed by atoms with van der Waals surface area (Å²) >= 11 is 4.93. The minimum absolute atomic E-state index is 0.268. The van der Waals surface area contributed by atoms with E-state index in [0.717, 1.165) is 24.3 Å². The molecule has 0 aromatic heterocycles. The molecule has 21 heavy (non-hydrogen) atoms. The molecular formula is C14H20N2O3S2. The van der Waals surface area contributed by atoms with Crippen molar-refractivity contribution in [2.24, 2.45) is 5.73 Å². The second-order valence-electron chi connectivity index (χ2n) is 5.09. The van der Waals surface area contributed by atoms with Crippen molar-refractivity contribution in [2.75, 3.05) is 37.7 Å². The topological polar surface area (TPSA) is 72.6 Å². The molecular weight excluding hydrogens is 308 g/mol. The van der Waals surface area contributed by atoms with E-state index in [0.29, 0.717) is 24.7 Å². The van der Waals surface area contributed by atoms with Crippen molar-refractivity contribution in [3.05, 3.63) is 29.8 Å². The molecule has 5 nitrogen and oxygen atoms in total. The lowest BCUT2D eigenvalue weighted by atomic mass is 10.2. The van der Waals surface area contributed by atoms with E-state index in [9.17, 15) is 8.42 Å². The van der Waals surface area contributed by atoms with Crippen LogP contribution in [0.25, 0.3) is 0 Å². The summed E-state index contributed by atoms with van der Waals surface area (Å²) in [6.45, 7) is 2.69. The van der Waals surface area contributed by atoms with Gasteiger partial charge in [0, 0.05) is 25.2 Å². The van der Waals surface area contributed by atoms with Crippen molar-refractivity contribution >= 4 is 27.0 Å². The van der Waals surface area contributed by atoms with Gasteiger partial charge in [-0.3, -0.25) is 0 Å². The van der Waals surface area contributed by atoms with Crippen molar-refractivity contribution in [2.45, 2.75) is 6.42 Å². The Morgan fingerprint density at radius 2 is 2.05 bits per heavy atom. The molecule has 0 bridgehead atoms. The molecule has 1 aliphatic rings. The van der Waals surface area contributed by atoms with Gasteiger partial charge in [-0.2, -0.15) is 0 Å². The molecule has 0 saturated carbocycles. The first-order valence-corrected chi connectivity index (χ1v) is 9.15. The van der Waals surface area contributed by atoms with Gasteiger partial charge in [-0.15, -0.1) is 0 Å². The molecule has 1 aromatic carbocycles. The van der Waals surface area contributed by atoms with Gasteiger partial charge in [0.1, 0.15) is 10.7 Å². The van der Waals surface area contributed by atoms with E-state index in [2.05, 4.69) is 4.90 Å². The van der Waals surface area contributed by atoms with Crippen LogP contribution in [0.1, 0.15) is 12.0 Å². The lowest BCUT2D eigenvalue weighted by Gasteiger charge is -2.26. The molecule has 1 aromatic rings. The Kier molecular flexibility index (Phi) is 5.55. The molecule has 1 saturated heterocycles. The summed E-state index contributed by atoms with van der Waals surface area (Å²) in [6, 6.07) is 7.41. The van der Waals surface area contributed by atoms with E-state index >= 15 is 0 Å². The number of hydrogen-bond acceptors (Lipinski definition) is 5. The number of ether oxygens (including phenoxy) is 1. The number of rotatable bonds is 6. The van der Waals surface area contributed by atoms with Gasteiger partial charge in [-0.1, -0.05) is 24.4 Å². The Morgan fingerprint density at radius 3 is 2.71 bits per heavy atom. The quantitative estimate of drug-likeness (QED) is 0.616. The van der Waals surface area contributed by atoms with Crippen LogP contribution in [0.15, 0.2) is 24.3 Å². The summed E-state index contributed by atoms with van der Waals surface area (Å²) in [5, 5.41) is 0. The molecule has 2 rings (SSSR count). The number of nitrogens with two attached hydrogens (primary N) is 1. The second kappa shape index (κ2) is 7.20. The molecule has 0 amide bonds. The van der Waals surface area contributed by atoms with Crippen LogP contribution in [-0.4, -0.2) is 56.1 Å². The van der Waals surface area contributed by atoms with Gasteiger partial charge in [0.15, 0.2) is 9.84 Å². The highest BCUT2D eigenvalue weighted by Crippen LogP contribution is 2.13. The standard InChI is InChI=1S/C14H20N2O3S2/c15-14(20)12-3-1-4-13(11-12)19-8-2-5-16-6-9-21(17,18)10-7-16/h1,3-4,11H,2,5-10H2,(H2,15,20). The summed E-state index contributed by atoms with van der Waals surface area (Å²) in [6.07, 6.45) is 0.858. The molecule has 0 spiro atoms. The third kappa shape index (κ3) is 5.26. The van der Waals surface area contributed by atoms with Crippen LogP contribution in [0, 0.1) is 0 Å². The van der Waals surface area contributed by atoms with Crippen molar-refractivity contribution in [1.29, 1.82) is 0 Å². The van der Waals surface area contributed by atoms with Gasteiger partial charge in [-0.05, 0) is 18.6 Å². The molecule has 116 valence electrons. The van der Waals surface area contributed by atoms with Gasteiger partial charge in [-0.25, -0.2) is 8.42 Å². The highest BCUT2D eigenvalue weighted by atomic mass is 32.2. The van der Waals surface area contributed by atoms with E-state index < -0.39 is 9.84 Å². The number of sulfone groups is 1. The Morgan fingerprint density at radius 1 is 1.33 bits per heavy atom. The maximum absolute atomic E-state index is 11.3. The molecule has 1 aliphatic heterocycles. The third-order valence-electron chi connectivity index (χ3n) is 3.44. The van der Waals surface area contributed by atoms with E-state index in [-0.39, 0.29) is 11.5 Å². The fraction of sp³-hybridized carbons (Fsp3) is 0.500. The molecule has 1 heterocycles. The van der Waals surface area contributed by atoms with Crippen molar-refractivity contribution in [1.82, 2.24) is 4.90 Å². The van der Waals surface area contributed by atoms with Crippen molar-refractivity contribution in [3.8, 4) is 5.75 Å². The zero-order chi connectivity index (χ0) is 15.3. The summed E-state index contributed by atoms with van der Waals surface area (Å²) in [5.74, 6) is 1.29. The minimum atomic E-state index is -2.80. The SMILES string of the molecule is NC(=S)c1cccc(OCCCN2CCS(=O)(=O)CC2)c1. The van der Waals surface area contributed by atoms with Crippen LogP contribution in [-0.2, 0) is 9.84 Å². The van der Waals surface area contributed by atoms with E-state index in [1.54, 1.807) is 0 Å². The zero-order valence-corrected chi connectivity index (χ0v) is 13.5. The third-order valence-corrected chi connectivity index (χ3v) is 5.29. The van der Waals surface area contributed by atoms with Crippen molar-refractivity contribution in [3.63, 3.8) is 0 Å². The van der Waals surface area contributed by atoms with Crippen molar-refractivity contribution < 1.29 is 13.2 Å². The average Bonchev–Trinajstić information content (AvgIpc) is 2.45. The number of benzene rings is 1. The van der Waals surface area contributed by atoms with E-state index in [1.807, 2.05) is 24.3 Å². The minimum Gasteiger partial charge on any atom is -0.494 e. The summed E-state index contributed by atoms with van der Waals surface area (Å²) < 4.78 is 28.3. The largest absolute Gasteiger partial charge is 0.494 e. The Bertz CT molecular complexity index is 588. The monoisotopic (exact) mass is 328 g/mol. The highest BCUT2D eigenvalue weighted by Gasteiger charge is 2.20. The molecule has 0 atom stereocenters. The highest BCUT2D eigenvalue weighted by molar-refractivity contribution is 7.91. The lowest BCUT2D eigenvalue weighted by Crippen LogP contribution is -2.40. The molecule has 7 heteroatoms. The molecule has 0 aliphatic carbocycles. The molecule has 0 unspecified atom stereocenters. The maximum Gasteiger partial charge on any atom is 0.152 e. The summed E-state index contributed by atoms with van der Waals surface area (Å²) in [5.41, 5.74) is 6.37. The van der Waals surface area contributed by atoms with Crippen LogP contribution in [0.3, 0.4) is 0 Å². The van der Waals surface area contributed by atoms with Gasteiger partial charge in [0.2, 0.25) is 0 Å². The van der Waals surface area contributed by atoms with Crippen LogP contribution >= 0.6 is 12.2 Å². The second-order valence-corrected chi connectivity index (χ2v) is 7.83. The van der Waals surface area contributed by atoms with Gasteiger partial charge < -0.3 is 15.4 Å². The number of thiocarbonyl (C=S) groups is 1. The normalized spacial score (nSPS) is 18.3. The van der Waals surface area contributed by atoms with Crippen LogP contribution in [0.4, 0.5) is 0 Å². The molecule has 1 fully saturated rings. The molecule has 2 N–H and O–H groups in total. The maximum atomic E-state index is 11.3. The van der Waals surface area contributed by atoms with Crippen LogP contribution in [0.2, 0.25) is 0 Å². The predicted molar refractivity (Wildman–Crippen MR) is 87.5 cm³/mol. The summed E-state index contributed by atoms with van der Waals surface area (Å²) in [7, 11) is -2.80. The van der Waals surface area contributed by atoms with E-state index in [1.165, 1.54) is 0 Å². The summed E-state index contributed by atoms with van der Waals surface area (Å²) in [4.78, 5) is 2.52. The lowest BCUT2D eigenvalue weighted by molar-refractivity contribution is 0.246. The Hall–Kier alpha value is -1.18. The number of nitrogens with zero attached hydrogens (tertiary/aromatic N) is 1. The Labute approximate surface area is 131 Å². The number of hydrogen-bond donors (Lipinski definition) is 1. The van der Waals surface area contributed by atoms with Crippen LogP contribution in [0.5, 0.6) is 5.75 Å². The molecule has 0 radical (unpaired) electrons. The fourth-order valence-electron chi connectivity index (χ4n) is 2.19. The first-order chi connectivity index (χ1) is 9.96. The van der Waals surface area contributed by atoms with Gasteiger partial charge >= 0.3 is 0 Å². The Balaban J connectivity index is 1.70. The first-order valence-electron chi connectivity index (χ1n) is 6.92.